The third kappa shape index (κ3) is 3.16. The Balaban J connectivity index is 1.61. The number of rotatable bonds is 4. The van der Waals surface area contributed by atoms with E-state index in [2.05, 4.69) is 0 Å². The summed E-state index contributed by atoms with van der Waals surface area (Å²) in [7, 11) is 1.53. The molecular formula is C22H16O6. The fourth-order valence-corrected chi connectivity index (χ4v) is 2.89. The van der Waals surface area contributed by atoms with Crippen molar-refractivity contribution in [1.29, 1.82) is 0 Å². The predicted octanol–water partition coefficient (Wildman–Crippen LogP) is 4.43. The molecule has 1 aromatic heterocycles. The van der Waals surface area contributed by atoms with Gasteiger partial charge in [-0.05, 0) is 49.4 Å². The number of hydrogen-bond donors (Lipinski definition) is 0. The fraction of sp³-hybridized carbons (Fsp3) is 0.0909. The van der Waals surface area contributed by atoms with Crippen LogP contribution in [0, 0.1) is 6.92 Å². The van der Waals surface area contributed by atoms with Gasteiger partial charge in [0.1, 0.15) is 23.0 Å². The van der Waals surface area contributed by atoms with Crippen LogP contribution in [0.2, 0.25) is 0 Å². The molecule has 0 aliphatic carbocycles. The highest BCUT2D eigenvalue weighted by atomic mass is 16.5. The van der Waals surface area contributed by atoms with Crippen molar-refractivity contribution in [3.05, 3.63) is 83.0 Å². The van der Waals surface area contributed by atoms with Gasteiger partial charge >= 0.3 is 5.97 Å². The Labute approximate surface area is 160 Å². The van der Waals surface area contributed by atoms with E-state index in [4.69, 9.17) is 18.6 Å². The lowest BCUT2D eigenvalue weighted by Gasteiger charge is -2.10. The zero-order chi connectivity index (χ0) is 19.7. The molecule has 2 heterocycles. The Morgan fingerprint density at radius 1 is 1.11 bits per heavy atom. The zero-order valence-electron chi connectivity index (χ0n) is 15.2. The lowest BCUT2D eigenvalue weighted by Crippen LogP contribution is -2.09. The largest absolute Gasteiger partial charge is 0.497 e. The summed E-state index contributed by atoms with van der Waals surface area (Å²) in [6.45, 7) is 1.73. The van der Waals surface area contributed by atoms with Gasteiger partial charge in [0.25, 0.3) is 0 Å². The van der Waals surface area contributed by atoms with Crippen LogP contribution in [-0.2, 0) is 0 Å². The molecular weight excluding hydrogens is 360 g/mol. The van der Waals surface area contributed by atoms with Gasteiger partial charge in [0.2, 0.25) is 5.78 Å². The summed E-state index contributed by atoms with van der Waals surface area (Å²) < 4.78 is 21.6. The minimum absolute atomic E-state index is 0.157. The van der Waals surface area contributed by atoms with E-state index in [1.807, 2.05) is 0 Å². The van der Waals surface area contributed by atoms with Crippen LogP contribution in [0.1, 0.15) is 32.0 Å². The highest BCUT2D eigenvalue weighted by Crippen LogP contribution is 2.39. The van der Waals surface area contributed by atoms with E-state index in [1.54, 1.807) is 55.5 Å². The number of methoxy groups -OCH3 is 1. The Hall–Kier alpha value is -3.80. The summed E-state index contributed by atoms with van der Waals surface area (Å²) in [6.07, 6.45) is 3.05. The van der Waals surface area contributed by atoms with Gasteiger partial charge < -0.3 is 18.6 Å². The van der Waals surface area contributed by atoms with Gasteiger partial charge in [0.05, 0.1) is 24.5 Å². The van der Waals surface area contributed by atoms with Crippen molar-refractivity contribution in [3.63, 3.8) is 0 Å². The molecule has 6 nitrogen and oxygen atoms in total. The smallest absolute Gasteiger partial charge is 0.343 e. The molecule has 0 atom stereocenters. The van der Waals surface area contributed by atoms with Crippen molar-refractivity contribution >= 4 is 17.8 Å². The maximum atomic E-state index is 12.5. The van der Waals surface area contributed by atoms with Gasteiger partial charge in [-0.3, -0.25) is 4.79 Å². The molecule has 0 spiro atoms. The third-order valence-electron chi connectivity index (χ3n) is 4.36. The summed E-state index contributed by atoms with van der Waals surface area (Å²) >= 11 is 0. The van der Waals surface area contributed by atoms with Crippen LogP contribution in [0.5, 0.6) is 17.2 Å². The lowest BCUT2D eigenvalue weighted by molar-refractivity contribution is 0.0732. The van der Waals surface area contributed by atoms with Crippen LogP contribution in [-0.4, -0.2) is 18.9 Å². The van der Waals surface area contributed by atoms with Crippen molar-refractivity contribution in [3.8, 4) is 17.2 Å². The minimum Gasteiger partial charge on any atom is -0.497 e. The van der Waals surface area contributed by atoms with Crippen LogP contribution in [0.3, 0.4) is 0 Å². The molecule has 6 heteroatoms. The van der Waals surface area contributed by atoms with Gasteiger partial charge in [0.15, 0.2) is 5.76 Å². The average molecular weight is 376 g/mol. The Morgan fingerprint density at radius 3 is 2.71 bits per heavy atom. The normalized spacial score (nSPS) is 13.9. The maximum absolute atomic E-state index is 12.5. The molecule has 0 saturated carbocycles. The molecule has 1 aliphatic rings. The number of ketones is 1. The van der Waals surface area contributed by atoms with E-state index < -0.39 is 5.97 Å². The predicted molar refractivity (Wildman–Crippen MR) is 101 cm³/mol. The molecule has 0 N–H and O–H groups in total. The molecule has 2 aromatic carbocycles. The van der Waals surface area contributed by atoms with Gasteiger partial charge in [0, 0.05) is 11.6 Å². The van der Waals surface area contributed by atoms with E-state index in [0.717, 1.165) is 0 Å². The number of fused-ring (bicyclic) bond motifs is 1. The number of carbonyl (C=O) groups is 2. The second-order valence-corrected chi connectivity index (χ2v) is 6.14. The Kier molecular flexibility index (Phi) is 4.45. The summed E-state index contributed by atoms with van der Waals surface area (Å²) in [5.41, 5.74) is 1.33. The minimum atomic E-state index is -0.530. The van der Waals surface area contributed by atoms with Crippen LogP contribution in [0.4, 0.5) is 0 Å². The first-order valence-corrected chi connectivity index (χ1v) is 8.54. The Bertz CT molecular complexity index is 1090. The number of Topliss-reactive ketones (excluding diaryl/α,β-unsaturated/α-hetero) is 1. The van der Waals surface area contributed by atoms with Gasteiger partial charge in [-0.15, -0.1) is 0 Å². The fourth-order valence-electron chi connectivity index (χ4n) is 2.89. The number of carbonyl (C=O) groups excluding carboxylic acids is 2. The van der Waals surface area contributed by atoms with E-state index in [1.165, 1.54) is 19.4 Å². The summed E-state index contributed by atoms with van der Waals surface area (Å²) in [4.78, 5) is 25.0. The molecule has 0 bridgehead atoms. The molecule has 0 radical (unpaired) electrons. The molecule has 0 saturated heterocycles. The lowest BCUT2D eigenvalue weighted by atomic mass is 10.1. The quantitative estimate of drug-likeness (QED) is 0.381. The second kappa shape index (κ2) is 7.08. The molecule has 0 unspecified atom stereocenters. The van der Waals surface area contributed by atoms with Crippen LogP contribution in [0.25, 0.3) is 6.08 Å². The van der Waals surface area contributed by atoms with Crippen molar-refractivity contribution in [1.82, 2.24) is 0 Å². The first-order valence-electron chi connectivity index (χ1n) is 8.54. The van der Waals surface area contributed by atoms with Crippen molar-refractivity contribution in [2.24, 2.45) is 0 Å². The SMILES string of the molecule is COc1cccc(C(=O)Oc2ccc3c(c2C)O/C(=C\c2ccco2)C3=O)c1. The second-order valence-electron chi connectivity index (χ2n) is 6.14. The van der Waals surface area contributed by atoms with E-state index in [0.29, 0.717) is 39.7 Å². The number of furan rings is 1. The number of benzene rings is 2. The summed E-state index contributed by atoms with van der Waals surface area (Å²) in [5.74, 6) is 1.14. The van der Waals surface area contributed by atoms with Crippen LogP contribution < -0.4 is 14.2 Å². The first-order chi connectivity index (χ1) is 13.6. The highest BCUT2D eigenvalue weighted by molar-refractivity contribution is 6.14. The monoisotopic (exact) mass is 376 g/mol. The number of esters is 1. The number of allylic oxidation sites excluding steroid dienone is 1. The maximum Gasteiger partial charge on any atom is 0.343 e. The van der Waals surface area contributed by atoms with E-state index in [9.17, 15) is 9.59 Å². The first kappa shape index (κ1) is 17.6. The standard InChI is InChI=1S/C22H16O6/c1-13-18(28-22(24)14-5-3-6-15(11-14)25-2)9-8-17-20(23)19(27-21(13)17)12-16-7-4-10-26-16/h3-12H,1-2H3/b19-12-. The number of ether oxygens (including phenoxy) is 3. The Morgan fingerprint density at radius 2 is 1.96 bits per heavy atom. The van der Waals surface area contributed by atoms with Crippen molar-refractivity contribution < 1.29 is 28.2 Å². The van der Waals surface area contributed by atoms with Crippen LogP contribution in [0.15, 0.2) is 65.0 Å². The molecule has 1 aliphatic heterocycles. The van der Waals surface area contributed by atoms with Crippen LogP contribution >= 0.6 is 0 Å². The molecule has 28 heavy (non-hydrogen) atoms. The van der Waals surface area contributed by atoms with Gasteiger partial charge in [-0.2, -0.15) is 0 Å². The van der Waals surface area contributed by atoms with E-state index >= 15 is 0 Å². The van der Waals surface area contributed by atoms with Gasteiger partial charge in [-0.1, -0.05) is 6.07 Å². The van der Waals surface area contributed by atoms with E-state index in [-0.39, 0.29) is 11.5 Å². The molecule has 4 rings (SSSR count). The van der Waals surface area contributed by atoms with Crippen molar-refractivity contribution in [2.45, 2.75) is 6.92 Å². The molecule has 3 aromatic rings. The molecule has 140 valence electrons. The highest BCUT2D eigenvalue weighted by Gasteiger charge is 2.31. The third-order valence-corrected chi connectivity index (χ3v) is 4.36. The van der Waals surface area contributed by atoms with Gasteiger partial charge in [-0.25, -0.2) is 4.79 Å². The molecule has 0 amide bonds. The zero-order valence-corrected chi connectivity index (χ0v) is 15.2. The average Bonchev–Trinajstić information content (AvgIpc) is 3.33. The van der Waals surface area contributed by atoms with Crippen molar-refractivity contribution in [2.75, 3.05) is 7.11 Å². The topological polar surface area (TPSA) is 75.0 Å². The summed E-state index contributed by atoms with van der Waals surface area (Å²) in [5, 5.41) is 0. The number of hydrogen-bond acceptors (Lipinski definition) is 6. The molecule has 0 fully saturated rings. The summed E-state index contributed by atoms with van der Waals surface area (Å²) in [6, 6.07) is 13.3.